The highest BCUT2D eigenvalue weighted by Gasteiger charge is 2.56. The topological polar surface area (TPSA) is 93.2 Å². The van der Waals surface area contributed by atoms with Crippen molar-refractivity contribution in [3.8, 4) is 0 Å². The molecule has 1 aromatic carbocycles. The summed E-state index contributed by atoms with van der Waals surface area (Å²) in [5.41, 5.74) is -0.0661. The molecule has 0 saturated heterocycles. The van der Waals surface area contributed by atoms with Crippen molar-refractivity contribution in [3.05, 3.63) is 47.0 Å². The Hall–Kier alpha value is -3.16. The van der Waals surface area contributed by atoms with Crippen molar-refractivity contribution in [3.63, 3.8) is 0 Å². The van der Waals surface area contributed by atoms with Gasteiger partial charge in [-0.3, -0.25) is 9.59 Å². The number of nitrogens with zero attached hydrogens (tertiary/aromatic N) is 2. The van der Waals surface area contributed by atoms with Crippen LogP contribution in [-0.2, 0) is 14.4 Å². The lowest BCUT2D eigenvalue weighted by Crippen LogP contribution is -2.41. The van der Waals surface area contributed by atoms with Gasteiger partial charge in [-0.2, -0.15) is 0 Å². The number of carbonyl (C=O) groups excluding carboxylic acids is 4. The van der Waals surface area contributed by atoms with Crippen LogP contribution >= 0.6 is 0 Å². The van der Waals surface area contributed by atoms with Gasteiger partial charge in [0.2, 0.25) is 0 Å². The lowest BCUT2D eigenvalue weighted by Gasteiger charge is -2.31. The first-order valence-corrected chi connectivity index (χ1v) is 10.00. The molecule has 1 fully saturated rings. The van der Waals surface area contributed by atoms with Gasteiger partial charge in [-0.05, 0) is 52.2 Å². The van der Waals surface area contributed by atoms with Gasteiger partial charge < -0.3 is 14.5 Å². The van der Waals surface area contributed by atoms with Gasteiger partial charge in [0, 0.05) is 13.1 Å². The molecular formula is C22H24N2O6. The summed E-state index contributed by atoms with van der Waals surface area (Å²) in [7, 11) is 0. The zero-order chi connectivity index (χ0) is 21.7. The normalized spacial score (nSPS) is 19.9. The highest BCUT2D eigenvalue weighted by Crippen LogP contribution is 2.54. The molecule has 1 aliphatic carbocycles. The number of benzene rings is 1. The summed E-state index contributed by atoms with van der Waals surface area (Å²) in [5.74, 6) is -1.86. The Balaban J connectivity index is 1.43. The molecule has 1 aromatic rings. The van der Waals surface area contributed by atoms with Crippen LogP contribution in [0.5, 0.6) is 0 Å². The molecular weight excluding hydrogens is 388 g/mol. The van der Waals surface area contributed by atoms with Gasteiger partial charge in [-0.1, -0.05) is 28.8 Å². The SMILES string of the molecule is CC(C)(C)OC(=O)N1CC=C(C2(C(=O)ON3C(=O)c4ccccc4C3=O)CC2)CC1. The molecule has 0 spiro atoms. The Morgan fingerprint density at radius 1 is 1.03 bits per heavy atom. The van der Waals surface area contributed by atoms with Crippen molar-refractivity contribution in [2.45, 2.75) is 45.6 Å². The number of amides is 3. The highest BCUT2D eigenvalue weighted by molar-refractivity contribution is 6.21. The molecule has 3 aliphatic rings. The predicted octanol–water partition coefficient (Wildman–Crippen LogP) is 3.09. The van der Waals surface area contributed by atoms with Crippen molar-refractivity contribution < 1.29 is 28.8 Å². The molecule has 30 heavy (non-hydrogen) atoms. The van der Waals surface area contributed by atoms with Gasteiger partial charge in [-0.15, -0.1) is 0 Å². The van der Waals surface area contributed by atoms with E-state index in [0.29, 0.717) is 37.4 Å². The second-order valence-corrected chi connectivity index (χ2v) is 8.82. The molecule has 0 unspecified atom stereocenters. The average molecular weight is 412 g/mol. The summed E-state index contributed by atoms with van der Waals surface area (Å²) in [6.45, 7) is 6.20. The lowest BCUT2D eigenvalue weighted by atomic mass is 9.90. The predicted molar refractivity (Wildman–Crippen MR) is 105 cm³/mol. The number of hydroxylamine groups is 2. The van der Waals surface area contributed by atoms with Crippen LogP contribution in [0.1, 0.15) is 60.7 Å². The Bertz CT molecular complexity index is 935. The molecule has 1 saturated carbocycles. The van der Waals surface area contributed by atoms with E-state index in [2.05, 4.69) is 0 Å². The van der Waals surface area contributed by atoms with E-state index < -0.39 is 34.9 Å². The number of hydrogen-bond acceptors (Lipinski definition) is 6. The van der Waals surface area contributed by atoms with Crippen molar-refractivity contribution in [2.75, 3.05) is 13.1 Å². The van der Waals surface area contributed by atoms with E-state index in [-0.39, 0.29) is 11.1 Å². The van der Waals surface area contributed by atoms with Gasteiger partial charge >= 0.3 is 12.1 Å². The molecule has 8 heteroatoms. The van der Waals surface area contributed by atoms with Crippen LogP contribution in [0.3, 0.4) is 0 Å². The van der Waals surface area contributed by atoms with Gasteiger partial charge in [-0.25, -0.2) is 9.59 Å². The maximum absolute atomic E-state index is 12.9. The molecule has 3 amide bonds. The Morgan fingerprint density at radius 2 is 1.63 bits per heavy atom. The second-order valence-electron chi connectivity index (χ2n) is 8.82. The Labute approximate surface area is 174 Å². The standard InChI is InChI=1S/C22H24N2O6/c1-21(2,3)29-20(28)23-12-8-14(9-13-23)22(10-11-22)19(27)30-24-17(25)15-6-4-5-7-16(15)18(24)26/h4-8H,9-13H2,1-3H3. The largest absolute Gasteiger partial charge is 0.444 e. The number of rotatable bonds is 3. The zero-order valence-electron chi connectivity index (χ0n) is 17.3. The van der Waals surface area contributed by atoms with Crippen molar-refractivity contribution in [2.24, 2.45) is 5.41 Å². The quantitative estimate of drug-likeness (QED) is 0.559. The summed E-state index contributed by atoms with van der Waals surface area (Å²) in [6, 6.07) is 6.37. The first-order chi connectivity index (χ1) is 14.1. The van der Waals surface area contributed by atoms with Crippen LogP contribution in [0.2, 0.25) is 0 Å². The minimum absolute atomic E-state index is 0.227. The van der Waals surface area contributed by atoms with Crippen LogP contribution in [-0.4, -0.2) is 52.5 Å². The van der Waals surface area contributed by atoms with Gasteiger partial charge in [0.05, 0.1) is 16.5 Å². The lowest BCUT2D eigenvalue weighted by molar-refractivity contribution is -0.174. The number of hydrogen-bond donors (Lipinski definition) is 0. The van der Waals surface area contributed by atoms with E-state index in [4.69, 9.17) is 9.57 Å². The van der Waals surface area contributed by atoms with Gasteiger partial charge in [0.25, 0.3) is 11.8 Å². The van der Waals surface area contributed by atoms with E-state index in [1.807, 2.05) is 26.8 Å². The van der Waals surface area contributed by atoms with E-state index in [1.54, 1.807) is 17.0 Å². The third-order valence-electron chi connectivity index (χ3n) is 5.55. The van der Waals surface area contributed by atoms with Crippen LogP contribution < -0.4 is 0 Å². The van der Waals surface area contributed by atoms with Crippen LogP contribution in [0, 0.1) is 5.41 Å². The molecule has 4 rings (SSSR count). The molecule has 0 N–H and O–H groups in total. The summed E-state index contributed by atoms with van der Waals surface area (Å²) >= 11 is 0. The van der Waals surface area contributed by atoms with E-state index in [1.165, 1.54) is 12.1 Å². The van der Waals surface area contributed by atoms with E-state index in [9.17, 15) is 19.2 Å². The molecule has 0 atom stereocenters. The highest BCUT2D eigenvalue weighted by atomic mass is 16.7. The fourth-order valence-corrected chi connectivity index (χ4v) is 3.80. The van der Waals surface area contributed by atoms with Gasteiger partial charge in [0.15, 0.2) is 0 Å². The molecule has 2 aliphatic heterocycles. The molecule has 2 heterocycles. The number of fused-ring (bicyclic) bond motifs is 1. The molecule has 0 bridgehead atoms. The molecule has 158 valence electrons. The average Bonchev–Trinajstić information content (AvgIpc) is 3.48. The van der Waals surface area contributed by atoms with E-state index >= 15 is 0 Å². The number of imide groups is 1. The minimum Gasteiger partial charge on any atom is -0.444 e. The van der Waals surface area contributed by atoms with Crippen molar-refractivity contribution in [1.82, 2.24) is 9.96 Å². The summed E-state index contributed by atoms with van der Waals surface area (Å²) in [6.07, 6.45) is 3.15. The summed E-state index contributed by atoms with van der Waals surface area (Å²) in [4.78, 5) is 56.9. The first-order valence-electron chi connectivity index (χ1n) is 10.00. The molecule has 0 radical (unpaired) electrons. The second kappa shape index (κ2) is 6.97. The van der Waals surface area contributed by atoms with Crippen LogP contribution in [0.25, 0.3) is 0 Å². The number of ether oxygens (including phenoxy) is 1. The summed E-state index contributed by atoms with van der Waals surface area (Å²) < 4.78 is 5.39. The third kappa shape index (κ3) is 3.46. The smallest absolute Gasteiger partial charge is 0.410 e. The monoisotopic (exact) mass is 412 g/mol. The van der Waals surface area contributed by atoms with Crippen molar-refractivity contribution in [1.29, 1.82) is 0 Å². The minimum atomic E-state index is -0.824. The van der Waals surface area contributed by atoms with Crippen LogP contribution in [0.4, 0.5) is 4.79 Å². The fraction of sp³-hybridized carbons (Fsp3) is 0.455. The maximum Gasteiger partial charge on any atom is 0.410 e. The molecule has 0 aromatic heterocycles. The Kier molecular flexibility index (Phi) is 4.67. The van der Waals surface area contributed by atoms with Crippen molar-refractivity contribution >= 4 is 23.9 Å². The Morgan fingerprint density at radius 3 is 2.10 bits per heavy atom. The van der Waals surface area contributed by atoms with E-state index in [0.717, 1.165) is 5.57 Å². The van der Waals surface area contributed by atoms with Gasteiger partial charge in [0.1, 0.15) is 5.60 Å². The third-order valence-corrected chi connectivity index (χ3v) is 5.55. The summed E-state index contributed by atoms with van der Waals surface area (Å²) in [5, 5.41) is 0.559. The fourth-order valence-electron chi connectivity index (χ4n) is 3.80. The van der Waals surface area contributed by atoms with Crippen LogP contribution in [0.15, 0.2) is 35.9 Å². The number of carbonyl (C=O) groups is 4. The maximum atomic E-state index is 12.9. The molecule has 8 nitrogen and oxygen atoms in total. The first kappa shape index (κ1) is 20.1. The zero-order valence-corrected chi connectivity index (χ0v) is 17.3.